The van der Waals surface area contributed by atoms with Gasteiger partial charge < -0.3 is 9.26 Å². The van der Waals surface area contributed by atoms with Gasteiger partial charge in [-0.25, -0.2) is 9.36 Å². The molecule has 134 valence electrons. The van der Waals surface area contributed by atoms with Crippen LogP contribution in [0.1, 0.15) is 19.6 Å². The molecule has 25 heavy (non-hydrogen) atoms. The second-order valence-electron chi connectivity index (χ2n) is 5.86. The van der Waals surface area contributed by atoms with E-state index < -0.39 is 25.7 Å². The SMILES string of the molecule is C[C@H]1C[C@@H](CO[PH](=O)Oc2ccccc2)O[C@H]1n1ccc(=O)[nH]c1=O. The molecular weight excluding hydrogens is 347 g/mol. The lowest BCUT2D eigenvalue weighted by Crippen LogP contribution is -2.33. The van der Waals surface area contributed by atoms with E-state index in [4.69, 9.17) is 13.8 Å². The Labute approximate surface area is 144 Å². The number of hydrogen-bond acceptors (Lipinski definition) is 6. The van der Waals surface area contributed by atoms with Gasteiger partial charge in [0.1, 0.15) is 12.0 Å². The Morgan fingerprint density at radius 2 is 2.04 bits per heavy atom. The molecule has 0 bridgehead atoms. The molecule has 1 saturated heterocycles. The molecule has 2 aromatic rings. The Morgan fingerprint density at radius 1 is 1.28 bits per heavy atom. The summed E-state index contributed by atoms with van der Waals surface area (Å²) in [5.41, 5.74) is -0.977. The van der Waals surface area contributed by atoms with Crippen molar-refractivity contribution in [3.05, 3.63) is 63.4 Å². The highest BCUT2D eigenvalue weighted by atomic mass is 31.1. The van der Waals surface area contributed by atoms with Crippen LogP contribution < -0.4 is 15.8 Å². The summed E-state index contributed by atoms with van der Waals surface area (Å²) in [7, 11) is -2.69. The van der Waals surface area contributed by atoms with Crippen LogP contribution in [0.15, 0.2) is 52.2 Å². The van der Waals surface area contributed by atoms with Crippen molar-refractivity contribution in [2.24, 2.45) is 5.92 Å². The summed E-state index contributed by atoms with van der Waals surface area (Å²) < 4.78 is 29.5. The second kappa shape index (κ2) is 7.82. The van der Waals surface area contributed by atoms with Crippen molar-refractivity contribution in [2.75, 3.05) is 6.61 Å². The number of H-pyrrole nitrogens is 1. The summed E-state index contributed by atoms with van der Waals surface area (Å²) in [6.45, 7) is 2.04. The van der Waals surface area contributed by atoms with Crippen molar-refractivity contribution in [1.29, 1.82) is 0 Å². The van der Waals surface area contributed by atoms with Gasteiger partial charge in [0.25, 0.3) is 5.56 Å². The van der Waals surface area contributed by atoms with Crippen molar-refractivity contribution in [1.82, 2.24) is 9.55 Å². The minimum atomic E-state index is -2.69. The topological polar surface area (TPSA) is 99.6 Å². The maximum absolute atomic E-state index is 11.9. The predicted octanol–water partition coefficient (Wildman–Crippen LogP) is 1.95. The number of aromatic amines is 1. The number of para-hydroxylation sites is 1. The molecule has 4 atom stereocenters. The molecule has 1 aromatic carbocycles. The van der Waals surface area contributed by atoms with E-state index in [9.17, 15) is 14.2 Å². The van der Waals surface area contributed by atoms with Crippen LogP contribution >= 0.6 is 8.25 Å². The molecular formula is C16H19N2O6P. The predicted molar refractivity (Wildman–Crippen MR) is 91.0 cm³/mol. The molecule has 0 radical (unpaired) electrons. The standard InChI is InChI=1S/C16H19N2O6P/c1-11-9-13(10-22-25(21)24-12-5-3-2-4-6-12)23-15(11)18-8-7-14(19)17-16(18)20/h2-8,11,13,15,25H,9-10H2,1H3,(H,17,19,20)/t11-,13-,15+/m0/s1. The molecule has 8 nitrogen and oxygen atoms in total. The van der Waals surface area contributed by atoms with Crippen LogP contribution in [0.2, 0.25) is 0 Å². The van der Waals surface area contributed by atoms with Crippen LogP contribution in [0.4, 0.5) is 0 Å². The molecule has 1 aliphatic rings. The second-order valence-corrected chi connectivity index (χ2v) is 6.85. The van der Waals surface area contributed by atoms with Gasteiger partial charge >= 0.3 is 13.9 Å². The van der Waals surface area contributed by atoms with E-state index in [0.29, 0.717) is 12.2 Å². The van der Waals surface area contributed by atoms with E-state index in [1.54, 1.807) is 24.3 Å². The van der Waals surface area contributed by atoms with Crippen LogP contribution in [0.3, 0.4) is 0 Å². The first-order valence-corrected chi connectivity index (χ1v) is 9.12. The van der Waals surface area contributed by atoms with Crippen LogP contribution in [0.5, 0.6) is 5.75 Å². The third-order valence-corrected chi connectivity index (χ3v) is 4.71. The first-order chi connectivity index (χ1) is 12.0. The van der Waals surface area contributed by atoms with Crippen molar-refractivity contribution in [3.63, 3.8) is 0 Å². The van der Waals surface area contributed by atoms with E-state index >= 15 is 0 Å². The fourth-order valence-electron chi connectivity index (χ4n) is 2.77. The normalized spacial score (nSPS) is 24.1. The average Bonchev–Trinajstić information content (AvgIpc) is 2.95. The van der Waals surface area contributed by atoms with Crippen molar-refractivity contribution in [2.45, 2.75) is 25.7 Å². The number of benzene rings is 1. The lowest BCUT2D eigenvalue weighted by molar-refractivity contribution is -0.0296. The third kappa shape index (κ3) is 4.48. The minimum Gasteiger partial charge on any atom is -0.426 e. The molecule has 0 saturated carbocycles. The smallest absolute Gasteiger partial charge is 0.367 e. The Balaban J connectivity index is 1.56. The Morgan fingerprint density at radius 3 is 2.76 bits per heavy atom. The van der Waals surface area contributed by atoms with Gasteiger partial charge in [0.15, 0.2) is 0 Å². The monoisotopic (exact) mass is 366 g/mol. The van der Waals surface area contributed by atoms with Gasteiger partial charge in [-0.15, -0.1) is 0 Å². The van der Waals surface area contributed by atoms with Crippen molar-refractivity contribution < 1.29 is 18.3 Å². The van der Waals surface area contributed by atoms with E-state index in [2.05, 4.69) is 4.98 Å². The zero-order valence-corrected chi connectivity index (χ0v) is 14.6. The number of hydrogen-bond donors (Lipinski definition) is 1. The molecule has 9 heteroatoms. The first-order valence-electron chi connectivity index (χ1n) is 7.89. The highest BCUT2D eigenvalue weighted by Gasteiger charge is 2.34. The maximum atomic E-state index is 11.9. The average molecular weight is 366 g/mol. The summed E-state index contributed by atoms with van der Waals surface area (Å²) in [6, 6.07) is 10.0. The number of aromatic nitrogens is 2. The Bertz CT molecular complexity index is 849. The fraction of sp³-hybridized carbons (Fsp3) is 0.375. The van der Waals surface area contributed by atoms with Gasteiger partial charge in [-0.05, 0) is 18.6 Å². The van der Waals surface area contributed by atoms with Crippen LogP contribution in [0, 0.1) is 5.92 Å². The van der Waals surface area contributed by atoms with E-state index in [-0.39, 0.29) is 18.6 Å². The summed E-state index contributed by atoms with van der Waals surface area (Å²) in [4.78, 5) is 25.2. The molecule has 3 rings (SSSR count). The number of nitrogens with zero attached hydrogens (tertiary/aromatic N) is 1. The van der Waals surface area contributed by atoms with E-state index in [0.717, 1.165) is 0 Å². The Hall–Kier alpha value is -2.15. The summed E-state index contributed by atoms with van der Waals surface area (Å²) in [6.07, 6.45) is 1.23. The molecule has 1 aliphatic heterocycles. The molecule has 2 heterocycles. The van der Waals surface area contributed by atoms with E-state index in [1.807, 2.05) is 13.0 Å². The van der Waals surface area contributed by atoms with Gasteiger partial charge in [0, 0.05) is 18.2 Å². The van der Waals surface area contributed by atoms with Crippen LogP contribution in [0.25, 0.3) is 0 Å². The quantitative estimate of drug-likeness (QED) is 0.785. The highest BCUT2D eigenvalue weighted by molar-refractivity contribution is 7.33. The van der Waals surface area contributed by atoms with Gasteiger partial charge in [-0.3, -0.25) is 18.9 Å². The lowest BCUT2D eigenvalue weighted by Gasteiger charge is -2.17. The van der Waals surface area contributed by atoms with Crippen molar-refractivity contribution >= 4 is 8.25 Å². The Kier molecular flexibility index (Phi) is 5.53. The molecule has 1 N–H and O–H groups in total. The molecule has 1 fully saturated rings. The molecule has 0 spiro atoms. The molecule has 0 amide bonds. The molecule has 0 aliphatic carbocycles. The van der Waals surface area contributed by atoms with Gasteiger partial charge in [-0.2, -0.15) is 0 Å². The summed E-state index contributed by atoms with van der Waals surface area (Å²) in [5, 5.41) is 0. The summed E-state index contributed by atoms with van der Waals surface area (Å²) in [5.74, 6) is 0.513. The van der Waals surface area contributed by atoms with E-state index in [1.165, 1.54) is 16.8 Å². The maximum Gasteiger partial charge on any atom is 0.367 e. The van der Waals surface area contributed by atoms with Gasteiger partial charge in [0.2, 0.25) is 0 Å². The molecule has 1 aromatic heterocycles. The van der Waals surface area contributed by atoms with Crippen LogP contribution in [-0.4, -0.2) is 22.3 Å². The fourth-order valence-corrected chi connectivity index (χ4v) is 3.48. The zero-order valence-electron chi connectivity index (χ0n) is 13.6. The van der Waals surface area contributed by atoms with Gasteiger partial charge in [0.05, 0.1) is 12.7 Å². The number of rotatable bonds is 6. The highest BCUT2D eigenvalue weighted by Crippen LogP contribution is 2.35. The summed E-state index contributed by atoms with van der Waals surface area (Å²) >= 11 is 0. The molecule has 1 unspecified atom stereocenters. The minimum absolute atomic E-state index is 0.0366. The lowest BCUT2D eigenvalue weighted by atomic mass is 10.1. The van der Waals surface area contributed by atoms with Crippen LogP contribution in [-0.2, 0) is 13.8 Å². The number of nitrogens with one attached hydrogen (secondary N) is 1. The zero-order chi connectivity index (χ0) is 17.8. The van der Waals surface area contributed by atoms with Crippen molar-refractivity contribution in [3.8, 4) is 5.75 Å². The first kappa shape index (κ1) is 17.7. The third-order valence-electron chi connectivity index (χ3n) is 3.91. The largest absolute Gasteiger partial charge is 0.426 e. The number of ether oxygens (including phenoxy) is 1. The van der Waals surface area contributed by atoms with Gasteiger partial charge in [-0.1, -0.05) is 25.1 Å².